The number of nitrogens with one attached hydrogen (secondary N) is 1. The Bertz CT molecular complexity index is 1480. The van der Waals surface area contributed by atoms with Crippen LogP contribution >= 0.6 is 0 Å². The molecule has 0 bridgehead atoms. The van der Waals surface area contributed by atoms with Gasteiger partial charge in [-0.15, -0.1) is 0 Å². The molecule has 0 radical (unpaired) electrons. The van der Waals surface area contributed by atoms with Crippen molar-refractivity contribution in [3.8, 4) is 11.3 Å². The molecule has 1 aliphatic carbocycles. The van der Waals surface area contributed by atoms with Crippen LogP contribution in [0.5, 0.6) is 0 Å². The van der Waals surface area contributed by atoms with Crippen LogP contribution in [0.1, 0.15) is 73.8 Å². The van der Waals surface area contributed by atoms with Crippen molar-refractivity contribution in [2.45, 2.75) is 71.3 Å². The van der Waals surface area contributed by atoms with Crippen LogP contribution in [0.3, 0.4) is 0 Å². The second kappa shape index (κ2) is 11.1. The Hall–Kier alpha value is -3.30. The lowest BCUT2D eigenvalue weighted by Gasteiger charge is -2.36. The van der Waals surface area contributed by atoms with Gasteiger partial charge in [0.15, 0.2) is 5.65 Å². The van der Waals surface area contributed by atoms with Crippen LogP contribution in [0.15, 0.2) is 24.7 Å². The summed E-state index contributed by atoms with van der Waals surface area (Å²) in [6.45, 7) is 9.66. The highest BCUT2D eigenvalue weighted by atomic mass is 16.3. The summed E-state index contributed by atoms with van der Waals surface area (Å²) < 4.78 is 1.86. The molecule has 9 nitrogen and oxygen atoms in total. The van der Waals surface area contributed by atoms with Gasteiger partial charge in [0.25, 0.3) is 0 Å². The van der Waals surface area contributed by atoms with Crippen molar-refractivity contribution in [2.75, 3.05) is 33.8 Å². The van der Waals surface area contributed by atoms with Crippen LogP contribution in [0.4, 0.5) is 0 Å². The predicted octanol–water partition coefficient (Wildman–Crippen LogP) is 4.42. The topological polar surface area (TPSA) is 103 Å². The van der Waals surface area contributed by atoms with Crippen molar-refractivity contribution in [1.29, 1.82) is 0 Å². The van der Waals surface area contributed by atoms with Crippen LogP contribution in [0, 0.1) is 13.8 Å². The van der Waals surface area contributed by atoms with Gasteiger partial charge in [-0.3, -0.25) is 14.7 Å². The maximum absolute atomic E-state index is 12.3. The Morgan fingerprint density at radius 1 is 1.15 bits per heavy atom. The van der Waals surface area contributed by atoms with Crippen LogP contribution in [0.2, 0.25) is 0 Å². The van der Waals surface area contributed by atoms with Crippen LogP contribution in [0.25, 0.3) is 27.9 Å². The quantitative estimate of drug-likeness (QED) is 0.349. The number of hydrogen-bond acceptors (Lipinski definition) is 6. The highest BCUT2D eigenvalue weighted by Gasteiger charge is 2.29. The van der Waals surface area contributed by atoms with E-state index in [4.69, 9.17) is 4.98 Å². The Morgan fingerprint density at radius 3 is 2.56 bits per heavy atom. The molecule has 5 rings (SSSR count). The lowest BCUT2D eigenvalue weighted by molar-refractivity contribution is -0.130. The summed E-state index contributed by atoms with van der Waals surface area (Å²) in [5.74, 6) is 0.759. The van der Waals surface area contributed by atoms with Crippen LogP contribution in [-0.4, -0.2) is 85.2 Å². The number of aryl methyl sites for hydroxylation is 1. The third kappa shape index (κ3) is 5.17. The molecule has 0 atom stereocenters. The number of carbonyl (C=O) groups excluding carboxylic acids is 1. The number of H-pyrrole nitrogens is 1. The van der Waals surface area contributed by atoms with Gasteiger partial charge in [0.2, 0.25) is 5.91 Å². The second-order valence-corrected chi connectivity index (χ2v) is 11.5. The molecule has 1 saturated carbocycles. The molecule has 4 aromatic heterocycles. The highest BCUT2D eigenvalue weighted by Crippen LogP contribution is 2.39. The van der Waals surface area contributed by atoms with Gasteiger partial charge in [-0.05, 0) is 68.7 Å². The van der Waals surface area contributed by atoms with Crippen LogP contribution in [-0.2, 0) is 4.79 Å². The molecule has 0 spiro atoms. The van der Waals surface area contributed by atoms with Gasteiger partial charge in [-0.1, -0.05) is 13.8 Å². The number of aliphatic hydroxyl groups excluding tert-OH is 1. The van der Waals surface area contributed by atoms with Crippen molar-refractivity contribution >= 4 is 22.6 Å². The molecular formula is C30H41N7O2. The first-order chi connectivity index (χ1) is 18.7. The normalized spacial score (nSPS) is 18.1. The van der Waals surface area contributed by atoms with E-state index in [0.717, 1.165) is 64.9 Å². The molecule has 39 heavy (non-hydrogen) atoms. The van der Waals surface area contributed by atoms with Crippen molar-refractivity contribution in [2.24, 2.45) is 0 Å². The van der Waals surface area contributed by atoms with Gasteiger partial charge in [0.05, 0.1) is 29.9 Å². The van der Waals surface area contributed by atoms with Gasteiger partial charge in [-0.2, -0.15) is 5.10 Å². The number of pyridine rings is 2. The number of hydrogen-bond donors (Lipinski definition) is 2. The minimum Gasteiger partial charge on any atom is -0.395 e. The second-order valence-electron chi connectivity index (χ2n) is 11.5. The van der Waals surface area contributed by atoms with E-state index < -0.39 is 0 Å². The number of carbonyl (C=O) groups is 1. The van der Waals surface area contributed by atoms with E-state index in [1.165, 1.54) is 11.1 Å². The Kier molecular flexibility index (Phi) is 7.73. The lowest BCUT2D eigenvalue weighted by atomic mass is 9.83. The van der Waals surface area contributed by atoms with Crippen LogP contribution < -0.4 is 0 Å². The van der Waals surface area contributed by atoms with Crippen molar-refractivity contribution in [1.82, 2.24) is 34.4 Å². The number of fused-ring (bicyclic) bond motifs is 2. The van der Waals surface area contributed by atoms with E-state index in [9.17, 15) is 9.90 Å². The molecule has 0 unspecified atom stereocenters. The van der Waals surface area contributed by atoms with Gasteiger partial charge < -0.3 is 15.0 Å². The molecule has 9 heteroatoms. The van der Waals surface area contributed by atoms with E-state index in [-0.39, 0.29) is 12.5 Å². The van der Waals surface area contributed by atoms with E-state index in [1.54, 1.807) is 25.3 Å². The fourth-order valence-electron chi connectivity index (χ4n) is 6.13. The highest BCUT2D eigenvalue weighted by molar-refractivity contribution is 5.89. The smallest absolute Gasteiger partial charge is 0.236 e. The lowest BCUT2D eigenvalue weighted by Crippen LogP contribution is -2.45. The number of amides is 1. The average molecular weight is 532 g/mol. The molecular weight excluding hydrogens is 490 g/mol. The Labute approximate surface area is 230 Å². The SMILES string of the molecule is Cc1c(-c2[nH]c3ccc(C4CCC(N(CCO)CC(=O)N(C)C)CC4)nc3c2C(C)C)cn2ncnc2c1C. The van der Waals surface area contributed by atoms with Gasteiger partial charge in [0, 0.05) is 55.6 Å². The molecule has 2 N–H and O–H groups in total. The first-order valence-electron chi connectivity index (χ1n) is 14.1. The molecule has 208 valence electrons. The number of aromatic nitrogens is 5. The third-order valence-electron chi connectivity index (χ3n) is 8.53. The Morgan fingerprint density at radius 2 is 1.90 bits per heavy atom. The maximum Gasteiger partial charge on any atom is 0.236 e. The fraction of sp³-hybridized carbons (Fsp3) is 0.533. The predicted molar refractivity (Wildman–Crippen MR) is 154 cm³/mol. The average Bonchev–Trinajstić information content (AvgIpc) is 3.55. The standard InChI is InChI=1S/C30H41N7O2/c1-18(2)27-28(23-15-37-30(31-17-32-37)20(4)19(23)3)34-25-12-11-24(33-29(25)27)21-7-9-22(10-8-21)36(13-14-38)16-26(39)35(5)6/h11-12,15,17-18,21-22,34,38H,7-10,13-14,16H2,1-6H3. The van der Waals surface area contributed by atoms with Gasteiger partial charge in [0.1, 0.15) is 6.33 Å². The first-order valence-corrected chi connectivity index (χ1v) is 14.1. The summed E-state index contributed by atoms with van der Waals surface area (Å²) in [5.41, 5.74) is 9.94. The summed E-state index contributed by atoms with van der Waals surface area (Å²) in [6.07, 6.45) is 7.72. The molecule has 0 aliphatic heterocycles. The zero-order chi connectivity index (χ0) is 27.8. The van der Waals surface area contributed by atoms with Crippen molar-refractivity contribution in [3.63, 3.8) is 0 Å². The Balaban J connectivity index is 1.43. The fourth-order valence-corrected chi connectivity index (χ4v) is 6.13. The molecule has 1 fully saturated rings. The van der Waals surface area contributed by atoms with E-state index >= 15 is 0 Å². The van der Waals surface area contributed by atoms with Crippen molar-refractivity contribution < 1.29 is 9.90 Å². The molecule has 0 saturated heterocycles. The number of likely N-dealkylation sites (N-methyl/N-ethyl adjacent to an activating group) is 1. The summed E-state index contributed by atoms with van der Waals surface area (Å²) in [4.78, 5) is 29.5. The summed E-state index contributed by atoms with van der Waals surface area (Å²) in [7, 11) is 3.57. The molecule has 4 aromatic rings. The number of aliphatic hydroxyl groups is 1. The molecule has 1 aliphatic rings. The summed E-state index contributed by atoms with van der Waals surface area (Å²) in [5, 5.41) is 14.0. The minimum absolute atomic E-state index is 0.0650. The summed E-state index contributed by atoms with van der Waals surface area (Å²) >= 11 is 0. The monoisotopic (exact) mass is 531 g/mol. The van der Waals surface area contributed by atoms with E-state index in [1.807, 2.05) is 4.52 Å². The zero-order valence-electron chi connectivity index (χ0n) is 24.0. The molecule has 1 amide bonds. The molecule has 4 heterocycles. The van der Waals surface area contributed by atoms with Crippen molar-refractivity contribution in [3.05, 3.63) is 47.0 Å². The van der Waals surface area contributed by atoms with E-state index in [2.05, 4.69) is 66.0 Å². The van der Waals surface area contributed by atoms with Gasteiger partial charge >= 0.3 is 0 Å². The number of nitrogens with zero attached hydrogens (tertiary/aromatic N) is 6. The van der Waals surface area contributed by atoms with E-state index in [0.29, 0.717) is 31.0 Å². The van der Waals surface area contributed by atoms with Gasteiger partial charge in [-0.25, -0.2) is 9.50 Å². The zero-order valence-corrected chi connectivity index (χ0v) is 24.0. The third-order valence-corrected chi connectivity index (χ3v) is 8.53. The maximum atomic E-state index is 12.3. The largest absolute Gasteiger partial charge is 0.395 e. The first kappa shape index (κ1) is 27.3. The number of rotatable bonds is 8. The molecule has 0 aromatic carbocycles. The summed E-state index contributed by atoms with van der Waals surface area (Å²) in [6, 6.07) is 4.67. The number of aromatic amines is 1. The minimum atomic E-state index is 0.0650.